The first kappa shape index (κ1) is 23.1. The Balaban J connectivity index is 1.56. The fourth-order valence-electron chi connectivity index (χ4n) is 4.35. The molecule has 0 aliphatic carbocycles. The lowest BCUT2D eigenvalue weighted by Gasteiger charge is -2.35. The molecule has 32 heavy (non-hydrogen) atoms. The van der Waals surface area contributed by atoms with Crippen LogP contribution in [-0.4, -0.2) is 72.6 Å². The Morgan fingerprint density at radius 1 is 1.03 bits per heavy atom. The fourth-order valence-corrected chi connectivity index (χ4v) is 6.12. The first-order chi connectivity index (χ1) is 15.4. The van der Waals surface area contributed by atoms with Crippen LogP contribution in [-0.2, 0) is 16.6 Å². The molecule has 1 amide bonds. The Morgan fingerprint density at radius 3 is 2.38 bits per heavy atom. The minimum atomic E-state index is -3.90. The molecule has 2 aromatic rings. The summed E-state index contributed by atoms with van der Waals surface area (Å²) in [7, 11) is -3.90. The zero-order valence-electron chi connectivity index (χ0n) is 18.4. The number of aromatic nitrogens is 2. The predicted octanol–water partition coefficient (Wildman–Crippen LogP) is 3.08. The van der Waals surface area contributed by atoms with Gasteiger partial charge in [0.2, 0.25) is 5.03 Å². The minimum Gasteiger partial charge on any atom is -0.368 e. The van der Waals surface area contributed by atoms with Gasteiger partial charge in [0.15, 0.2) is 0 Å². The number of para-hydroxylation sites is 1. The maximum atomic E-state index is 13.6. The highest BCUT2D eigenvalue weighted by Gasteiger charge is 2.36. The van der Waals surface area contributed by atoms with E-state index in [0.717, 1.165) is 31.4 Å². The van der Waals surface area contributed by atoms with Crippen LogP contribution in [0.5, 0.6) is 0 Å². The molecular weight excluding hydrogens is 450 g/mol. The number of likely N-dealkylation sites (tertiary alicyclic amines) is 1. The molecule has 0 radical (unpaired) electrons. The summed E-state index contributed by atoms with van der Waals surface area (Å²) >= 11 is 6.31. The number of anilines is 1. The highest BCUT2D eigenvalue weighted by Crippen LogP contribution is 2.28. The van der Waals surface area contributed by atoms with Crippen molar-refractivity contribution in [2.75, 3.05) is 44.2 Å². The molecule has 2 saturated heterocycles. The number of aryl methyl sites for hydroxylation is 1. The van der Waals surface area contributed by atoms with Gasteiger partial charge in [0.1, 0.15) is 0 Å². The second-order valence-corrected chi connectivity index (χ2v) is 10.6. The van der Waals surface area contributed by atoms with Gasteiger partial charge in [0.05, 0.1) is 16.3 Å². The van der Waals surface area contributed by atoms with Crippen molar-refractivity contribution in [2.45, 2.75) is 44.2 Å². The summed E-state index contributed by atoms with van der Waals surface area (Å²) < 4.78 is 30.1. The Kier molecular flexibility index (Phi) is 7.07. The summed E-state index contributed by atoms with van der Waals surface area (Å²) in [5, 5.41) is 4.89. The van der Waals surface area contributed by atoms with E-state index in [-0.39, 0.29) is 16.5 Å². The van der Waals surface area contributed by atoms with Crippen molar-refractivity contribution in [3.8, 4) is 0 Å². The van der Waals surface area contributed by atoms with Crippen molar-refractivity contribution < 1.29 is 13.2 Å². The van der Waals surface area contributed by atoms with Gasteiger partial charge in [-0.1, -0.05) is 30.7 Å². The number of benzene rings is 1. The number of nitrogens with zero attached hydrogens (tertiary/aromatic N) is 5. The van der Waals surface area contributed by atoms with Crippen LogP contribution in [0.2, 0.25) is 5.02 Å². The quantitative estimate of drug-likeness (QED) is 0.636. The summed E-state index contributed by atoms with van der Waals surface area (Å²) in [4.78, 5) is 17.1. The van der Waals surface area contributed by atoms with Gasteiger partial charge in [-0.15, -0.1) is 0 Å². The average molecular weight is 480 g/mol. The molecule has 0 saturated carbocycles. The fraction of sp³-hybridized carbons (Fsp3) is 0.545. The van der Waals surface area contributed by atoms with Crippen LogP contribution < -0.4 is 4.90 Å². The zero-order chi connectivity index (χ0) is 22.7. The van der Waals surface area contributed by atoms with E-state index < -0.39 is 10.0 Å². The van der Waals surface area contributed by atoms with Gasteiger partial charge in [0, 0.05) is 52.0 Å². The van der Waals surface area contributed by atoms with Crippen LogP contribution in [0.1, 0.15) is 43.0 Å². The summed E-state index contributed by atoms with van der Waals surface area (Å²) in [5.41, 5.74) is 1.09. The lowest BCUT2D eigenvalue weighted by atomic mass is 10.1. The summed E-state index contributed by atoms with van der Waals surface area (Å²) in [6.45, 7) is 5.55. The van der Waals surface area contributed by atoms with E-state index in [1.807, 2.05) is 31.2 Å². The molecule has 3 heterocycles. The molecule has 0 unspecified atom stereocenters. The van der Waals surface area contributed by atoms with Gasteiger partial charge in [-0.2, -0.15) is 9.40 Å². The predicted molar refractivity (Wildman–Crippen MR) is 125 cm³/mol. The third-order valence-corrected chi connectivity index (χ3v) is 8.23. The number of halogens is 1. The number of rotatable bonds is 6. The Morgan fingerprint density at radius 2 is 1.72 bits per heavy atom. The first-order valence-corrected chi connectivity index (χ1v) is 13.1. The van der Waals surface area contributed by atoms with Crippen molar-refractivity contribution in [1.82, 2.24) is 19.0 Å². The van der Waals surface area contributed by atoms with E-state index in [4.69, 9.17) is 11.6 Å². The molecule has 1 aromatic heterocycles. The molecule has 10 heteroatoms. The molecule has 0 atom stereocenters. The van der Waals surface area contributed by atoms with Gasteiger partial charge in [0.25, 0.3) is 15.9 Å². The van der Waals surface area contributed by atoms with Crippen LogP contribution in [0.3, 0.4) is 0 Å². The molecule has 174 valence electrons. The molecule has 1 aromatic carbocycles. The van der Waals surface area contributed by atoms with Crippen LogP contribution in [0.4, 0.5) is 5.69 Å². The van der Waals surface area contributed by atoms with E-state index in [0.29, 0.717) is 50.8 Å². The van der Waals surface area contributed by atoms with Crippen LogP contribution in [0, 0.1) is 0 Å². The second-order valence-electron chi connectivity index (χ2n) is 8.31. The summed E-state index contributed by atoms with van der Waals surface area (Å²) in [6.07, 6.45) is 5.39. The van der Waals surface area contributed by atoms with E-state index in [2.05, 4.69) is 10.00 Å². The normalized spacial score (nSPS) is 18.2. The molecule has 2 aliphatic rings. The van der Waals surface area contributed by atoms with Gasteiger partial charge in [-0.05, 0) is 37.8 Å². The monoisotopic (exact) mass is 479 g/mol. The number of piperidine rings is 1. The van der Waals surface area contributed by atoms with Crippen molar-refractivity contribution in [1.29, 1.82) is 0 Å². The SMILES string of the molecule is CCCn1cc(C(=O)N2CCCCC2)c(S(=O)(=O)N2CCN(c3ccccc3Cl)CC2)n1. The molecule has 8 nitrogen and oxygen atoms in total. The van der Waals surface area contributed by atoms with Gasteiger partial charge in [-0.25, -0.2) is 8.42 Å². The maximum Gasteiger partial charge on any atom is 0.263 e. The lowest BCUT2D eigenvalue weighted by molar-refractivity contribution is 0.0720. The van der Waals surface area contributed by atoms with Gasteiger partial charge < -0.3 is 9.80 Å². The molecule has 0 spiro atoms. The van der Waals surface area contributed by atoms with Crippen molar-refractivity contribution in [2.24, 2.45) is 0 Å². The zero-order valence-corrected chi connectivity index (χ0v) is 20.0. The molecular formula is C22H30ClN5O3S. The highest BCUT2D eigenvalue weighted by molar-refractivity contribution is 7.89. The number of amides is 1. The topological polar surface area (TPSA) is 78.8 Å². The lowest BCUT2D eigenvalue weighted by Crippen LogP contribution is -2.49. The maximum absolute atomic E-state index is 13.6. The first-order valence-electron chi connectivity index (χ1n) is 11.3. The second kappa shape index (κ2) is 9.80. The van der Waals surface area contributed by atoms with Crippen molar-refractivity contribution in [3.63, 3.8) is 0 Å². The summed E-state index contributed by atoms with van der Waals surface area (Å²) in [5.74, 6) is -0.236. The molecule has 0 bridgehead atoms. The number of hydrogen-bond donors (Lipinski definition) is 0. The number of sulfonamides is 1. The number of carbonyl (C=O) groups is 1. The molecule has 2 aliphatic heterocycles. The Bertz CT molecular complexity index is 1060. The van der Waals surface area contributed by atoms with Crippen molar-refractivity contribution >= 4 is 33.2 Å². The molecule has 2 fully saturated rings. The van der Waals surface area contributed by atoms with Crippen LogP contribution in [0.15, 0.2) is 35.5 Å². The van der Waals surface area contributed by atoms with E-state index >= 15 is 0 Å². The van der Waals surface area contributed by atoms with E-state index in [1.165, 1.54) is 4.31 Å². The Hall–Kier alpha value is -2.10. The third-order valence-electron chi connectivity index (χ3n) is 6.07. The molecule has 4 rings (SSSR count). The number of carbonyl (C=O) groups excluding carboxylic acids is 1. The minimum absolute atomic E-state index is 0.118. The van der Waals surface area contributed by atoms with Gasteiger partial charge >= 0.3 is 0 Å². The largest absolute Gasteiger partial charge is 0.368 e. The Labute approximate surface area is 194 Å². The van der Waals surface area contributed by atoms with Crippen LogP contribution >= 0.6 is 11.6 Å². The number of piperazine rings is 1. The number of hydrogen-bond acceptors (Lipinski definition) is 5. The standard InChI is InChI=1S/C22H30ClN5O3S/c1-2-10-27-17-18(22(29)26-11-6-3-7-12-26)21(24-27)32(30,31)28-15-13-25(14-16-28)20-9-5-4-8-19(20)23/h4-5,8-9,17H,2-3,6-7,10-16H2,1H3. The summed E-state index contributed by atoms with van der Waals surface area (Å²) in [6, 6.07) is 7.57. The highest BCUT2D eigenvalue weighted by atomic mass is 35.5. The average Bonchev–Trinajstić information content (AvgIpc) is 3.25. The van der Waals surface area contributed by atoms with E-state index in [1.54, 1.807) is 15.8 Å². The van der Waals surface area contributed by atoms with Crippen molar-refractivity contribution in [3.05, 3.63) is 41.0 Å². The van der Waals surface area contributed by atoms with Crippen LogP contribution in [0.25, 0.3) is 0 Å². The third kappa shape index (κ3) is 4.65. The molecule has 0 N–H and O–H groups in total. The van der Waals surface area contributed by atoms with E-state index in [9.17, 15) is 13.2 Å². The van der Waals surface area contributed by atoms with Gasteiger partial charge in [-0.3, -0.25) is 9.48 Å². The smallest absolute Gasteiger partial charge is 0.263 e.